The maximum atomic E-state index is 11.5. The Bertz CT molecular complexity index is 399. The number of aryl methyl sites for hydroxylation is 1. The maximum Gasteiger partial charge on any atom is 0.319 e. The van der Waals surface area contributed by atoms with Gasteiger partial charge in [0.25, 0.3) is 0 Å². The molecule has 100 valence electrons. The van der Waals surface area contributed by atoms with Gasteiger partial charge in [-0.25, -0.2) is 4.98 Å². The van der Waals surface area contributed by atoms with Crippen LogP contribution in [0.2, 0.25) is 0 Å². The van der Waals surface area contributed by atoms with Gasteiger partial charge in [0.15, 0.2) is 0 Å². The van der Waals surface area contributed by atoms with Crippen molar-refractivity contribution in [2.45, 2.75) is 45.2 Å². The Labute approximate surface area is 112 Å². The Balaban J connectivity index is 2.01. The summed E-state index contributed by atoms with van der Waals surface area (Å²) in [5, 5.41) is 3.16. The molecule has 1 aliphatic carbocycles. The molecule has 0 bridgehead atoms. The molecule has 0 N–H and O–H groups in total. The molecule has 1 aromatic rings. The molecule has 0 unspecified atom stereocenters. The van der Waals surface area contributed by atoms with E-state index in [1.807, 2.05) is 6.92 Å². The molecule has 2 rings (SSSR count). The van der Waals surface area contributed by atoms with Gasteiger partial charge in [0.2, 0.25) is 0 Å². The highest BCUT2D eigenvalue weighted by Gasteiger charge is 2.25. The number of aromatic nitrogens is 1. The van der Waals surface area contributed by atoms with E-state index in [2.05, 4.69) is 15.3 Å². The summed E-state index contributed by atoms with van der Waals surface area (Å²) in [5.74, 6) is -0.158. The fourth-order valence-electron chi connectivity index (χ4n) is 2.50. The van der Waals surface area contributed by atoms with Gasteiger partial charge in [0.1, 0.15) is 0 Å². The molecule has 4 nitrogen and oxygen atoms in total. The van der Waals surface area contributed by atoms with Crippen LogP contribution in [-0.2, 0) is 16.1 Å². The van der Waals surface area contributed by atoms with E-state index in [9.17, 15) is 4.79 Å². The minimum Gasteiger partial charge on any atom is -0.468 e. The lowest BCUT2D eigenvalue weighted by Gasteiger charge is -2.26. The quantitative estimate of drug-likeness (QED) is 0.769. The fraction of sp³-hybridized carbons (Fsp3) is 0.692. The number of carbonyl (C=O) groups is 1. The molecule has 5 heteroatoms. The van der Waals surface area contributed by atoms with Crippen LogP contribution in [-0.4, -0.2) is 35.5 Å². The van der Waals surface area contributed by atoms with Crippen LogP contribution in [0.5, 0.6) is 0 Å². The largest absolute Gasteiger partial charge is 0.468 e. The molecule has 0 aromatic carbocycles. The fourth-order valence-corrected chi connectivity index (χ4v) is 3.11. The van der Waals surface area contributed by atoms with Crippen LogP contribution < -0.4 is 0 Å². The molecule has 0 saturated heterocycles. The highest BCUT2D eigenvalue weighted by molar-refractivity contribution is 7.09. The van der Waals surface area contributed by atoms with Gasteiger partial charge in [-0.3, -0.25) is 9.69 Å². The zero-order valence-electron chi connectivity index (χ0n) is 11.0. The Morgan fingerprint density at radius 1 is 1.56 bits per heavy atom. The molecular weight excluding hydrogens is 248 g/mol. The summed E-state index contributed by atoms with van der Waals surface area (Å²) in [6.07, 6.45) is 4.89. The lowest BCUT2D eigenvalue weighted by Crippen LogP contribution is -2.37. The van der Waals surface area contributed by atoms with E-state index in [1.165, 1.54) is 32.8 Å². The van der Waals surface area contributed by atoms with Gasteiger partial charge in [0.05, 0.1) is 24.4 Å². The van der Waals surface area contributed by atoms with Crippen LogP contribution in [0.25, 0.3) is 0 Å². The molecule has 1 heterocycles. The molecule has 18 heavy (non-hydrogen) atoms. The smallest absolute Gasteiger partial charge is 0.319 e. The van der Waals surface area contributed by atoms with Crippen molar-refractivity contribution in [2.75, 3.05) is 13.7 Å². The van der Waals surface area contributed by atoms with Crippen molar-refractivity contribution in [1.29, 1.82) is 0 Å². The first-order chi connectivity index (χ1) is 8.69. The summed E-state index contributed by atoms with van der Waals surface area (Å²) in [6.45, 7) is 3.14. The van der Waals surface area contributed by atoms with Crippen molar-refractivity contribution in [3.63, 3.8) is 0 Å². The van der Waals surface area contributed by atoms with Gasteiger partial charge in [-0.15, -0.1) is 11.3 Å². The molecule has 0 spiro atoms. The van der Waals surface area contributed by atoms with Crippen molar-refractivity contribution in [3.05, 3.63) is 16.1 Å². The number of methoxy groups -OCH3 is 1. The van der Waals surface area contributed by atoms with E-state index < -0.39 is 0 Å². The molecule has 0 atom stereocenters. The van der Waals surface area contributed by atoms with Gasteiger partial charge in [-0.05, 0) is 19.8 Å². The first kappa shape index (κ1) is 13.5. The third-order valence-corrected chi connectivity index (χ3v) is 4.25. The van der Waals surface area contributed by atoms with E-state index in [0.717, 1.165) is 17.2 Å². The van der Waals surface area contributed by atoms with Crippen molar-refractivity contribution in [2.24, 2.45) is 0 Å². The van der Waals surface area contributed by atoms with Crippen LogP contribution in [0.15, 0.2) is 5.38 Å². The van der Waals surface area contributed by atoms with E-state index >= 15 is 0 Å². The number of carbonyl (C=O) groups excluding carboxylic acids is 1. The van der Waals surface area contributed by atoms with Crippen LogP contribution >= 0.6 is 11.3 Å². The first-order valence-electron chi connectivity index (χ1n) is 6.41. The maximum absolute atomic E-state index is 11.5. The summed E-state index contributed by atoms with van der Waals surface area (Å²) in [6, 6.07) is 0.506. The molecular formula is C13H20N2O2S. The van der Waals surface area contributed by atoms with Gasteiger partial charge < -0.3 is 4.74 Å². The Morgan fingerprint density at radius 3 is 2.83 bits per heavy atom. The standard InChI is InChI=1S/C13H20N2O2S/c1-10-14-11(9-18-10)7-15(8-13(16)17-2)12-5-3-4-6-12/h9,12H,3-8H2,1-2H3. The number of hydrogen-bond donors (Lipinski definition) is 0. The Morgan fingerprint density at radius 2 is 2.28 bits per heavy atom. The molecule has 1 fully saturated rings. The van der Waals surface area contributed by atoms with Crippen LogP contribution in [0.1, 0.15) is 36.4 Å². The first-order valence-corrected chi connectivity index (χ1v) is 7.29. The van der Waals surface area contributed by atoms with Crippen molar-refractivity contribution in [1.82, 2.24) is 9.88 Å². The second kappa shape index (κ2) is 6.29. The lowest BCUT2D eigenvalue weighted by atomic mass is 10.2. The third kappa shape index (κ3) is 3.53. The minimum atomic E-state index is -0.158. The number of ether oxygens (including phenoxy) is 1. The summed E-state index contributed by atoms with van der Waals surface area (Å²) < 4.78 is 4.78. The predicted octanol–water partition coefficient (Wildman–Crippen LogP) is 2.37. The monoisotopic (exact) mass is 268 g/mol. The molecule has 0 aliphatic heterocycles. The zero-order chi connectivity index (χ0) is 13.0. The van der Waals surface area contributed by atoms with Crippen LogP contribution in [0.3, 0.4) is 0 Å². The number of nitrogens with zero attached hydrogens (tertiary/aromatic N) is 2. The zero-order valence-corrected chi connectivity index (χ0v) is 11.8. The topological polar surface area (TPSA) is 42.4 Å². The van der Waals surface area contributed by atoms with E-state index in [4.69, 9.17) is 4.74 Å². The normalized spacial score (nSPS) is 16.4. The van der Waals surface area contributed by atoms with Gasteiger partial charge in [0, 0.05) is 18.0 Å². The third-order valence-electron chi connectivity index (χ3n) is 3.43. The molecule has 1 aliphatic rings. The summed E-state index contributed by atoms with van der Waals surface area (Å²) >= 11 is 1.66. The molecule has 0 amide bonds. The number of thiazole rings is 1. The lowest BCUT2D eigenvalue weighted by molar-refractivity contribution is -0.142. The highest BCUT2D eigenvalue weighted by Crippen LogP contribution is 2.25. The summed E-state index contributed by atoms with van der Waals surface area (Å²) in [4.78, 5) is 18.2. The molecule has 0 radical (unpaired) electrons. The van der Waals surface area contributed by atoms with Crippen molar-refractivity contribution in [3.8, 4) is 0 Å². The summed E-state index contributed by atoms with van der Waals surface area (Å²) in [5.41, 5.74) is 1.06. The second-order valence-electron chi connectivity index (χ2n) is 4.78. The SMILES string of the molecule is COC(=O)CN(Cc1csc(C)n1)C1CCCC1. The minimum absolute atomic E-state index is 0.158. The van der Waals surface area contributed by atoms with E-state index in [0.29, 0.717) is 12.6 Å². The highest BCUT2D eigenvalue weighted by atomic mass is 32.1. The average Bonchev–Trinajstić information content (AvgIpc) is 2.99. The second-order valence-corrected chi connectivity index (χ2v) is 5.84. The van der Waals surface area contributed by atoms with Gasteiger partial charge in [-0.2, -0.15) is 0 Å². The number of esters is 1. The van der Waals surface area contributed by atoms with Crippen LogP contribution in [0.4, 0.5) is 0 Å². The molecule has 1 aromatic heterocycles. The number of rotatable bonds is 5. The van der Waals surface area contributed by atoms with Crippen LogP contribution in [0, 0.1) is 6.92 Å². The average molecular weight is 268 g/mol. The molecule has 1 saturated carbocycles. The Kier molecular flexibility index (Phi) is 4.72. The number of hydrogen-bond acceptors (Lipinski definition) is 5. The Hall–Kier alpha value is -0.940. The predicted molar refractivity (Wildman–Crippen MR) is 71.5 cm³/mol. The summed E-state index contributed by atoms with van der Waals surface area (Å²) in [7, 11) is 1.45. The van der Waals surface area contributed by atoms with E-state index in [1.54, 1.807) is 11.3 Å². The van der Waals surface area contributed by atoms with Crippen molar-refractivity contribution < 1.29 is 9.53 Å². The van der Waals surface area contributed by atoms with Gasteiger partial charge in [-0.1, -0.05) is 12.8 Å². The van der Waals surface area contributed by atoms with Gasteiger partial charge >= 0.3 is 5.97 Å². The van der Waals surface area contributed by atoms with Crippen molar-refractivity contribution >= 4 is 17.3 Å². The van der Waals surface area contributed by atoms with E-state index in [-0.39, 0.29) is 5.97 Å².